The van der Waals surface area contributed by atoms with Crippen LogP contribution in [-0.2, 0) is 14.3 Å². The lowest BCUT2D eigenvalue weighted by molar-refractivity contribution is -0.137. The lowest BCUT2D eigenvalue weighted by atomic mass is 10.0. The van der Waals surface area contributed by atoms with Crippen molar-refractivity contribution in [2.75, 3.05) is 11.9 Å². The van der Waals surface area contributed by atoms with Crippen molar-refractivity contribution in [3.8, 4) is 0 Å². The number of anilines is 1. The van der Waals surface area contributed by atoms with E-state index in [9.17, 15) is 14.4 Å². The fourth-order valence-corrected chi connectivity index (χ4v) is 2.37. The second-order valence-electron chi connectivity index (χ2n) is 6.92. The Labute approximate surface area is 178 Å². The normalized spacial score (nSPS) is 11.6. The SMILES string of the molecule is CCOC(=O)C(=Cc1cnc(NC(=O)OC(C)(C)C)nc1)C(=O)c1cccnc1Cl. The Hall–Kier alpha value is -3.33. The van der Waals surface area contributed by atoms with Gasteiger partial charge in [-0.3, -0.25) is 10.1 Å². The lowest BCUT2D eigenvalue weighted by Crippen LogP contribution is -2.27. The highest BCUT2D eigenvalue weighted by Gasteiger charge is 2.24. The van der Waals surface area contributed by atoms with E-state index in [2.05, 4.69) is 20.3 Å². The quantitative estimate of drug-likeness (QED) is 0.183. The van der Waals surface area contributed by atoms with Crippen molar-refractivity contribution in [3.63, 3.8) is 0 Å². The van der Waals surface area contributed by atoms with E-state index >= 15 is 0 Å². The molecule has 2 rings (SSSR count). The second kappa shape index (κ2) is 9.93. The Morgan fingerprint density at radius 1 is 1.17 bits per heavy atom. The summed E-state index contributed by atoms with van der Waals surface area (Å²) in [7, 11) is 0. The molecule has 0 saturated carbocycles. The number of esters is 1. The van der Waals surface area contributed by atoms with E-state index in [0.29, 0.717) is 5.56 Å². The highest BCUT2D eigenvalue weighted by atomic mass is 35.5. The smallest absolute Gasteiger partial charge is 0.414 e. The van der Waals surface area contributed by atoms with Gasteiger partial charge in [-0.2, -0.15) is 0 Å². The van der Waals surface area contributed by atoms with Gasteiger partial charge in [0.1, 0.15) is 16.3 Å². The minimum atomic E-state index is -0.821. The Balaban J connectivity index is 2.28. The van der Waals surface area contributed by atoms with Gasteiger partial charge in [-0.25, -0.2) is 24.5 Å². The van der Waals surface area contributed by atoms with Crippen LogP contribution in [0.4, 0.5) is 10.7 Å². The highest BCUT2D eigenvalue weighted by Crippen LogP contribution is 2.19. The first-order valence-electron chi connectivity index (χ1n) is 8.96. The number of carbonyl (C=O) groups is 3. The number of nitrogens with one attached hydrogen (secondary N) is 1. The van der Waals surface area contributed by atoms with Gasteiger partial charge in [0.25, 0.3) is 0 Å². The van der Waals surface area contributed by atoms with Gasteiger partial charge in [-0.15, -0.1) is 0 Å². The number of ketones is 1. The molecule has 1 N–H and O–H groups in total. The number of pyridine rings is 1. The number of nitrogens with zero attached hydrogens (tertiary/aromatic N) is 3. The van der Waals surface area contributed by atoms with Crippen LogP contribution < -0.4 is 5.32 Å². The molecule has 0 saturated heterocycles. The van der Waals surface area contributed by atoms with Crippen LogP contribution in [0, 0.1) is 0 Å². The maximum absolute atomic E-state index is 12.8. The van der Waals surface area contributed by atoms with Crippen molar-refractivity contribution < 1.29 is 23.9 Å². The number of amides is 1. The van der Waals surface area contributed by atoms with Crippen molar-refractivity contribution in [3.05, 3.63) is 52.6 Å². The number of hydrogen-bond donors (Lipinski definition) is 1. The molecule has 0 bridgehead atoms. The fourth-order valence-electron chi connectivity index (χ4n) is 2.17. The number of halogens is 1. The summed E-state index contributed by atoms with van der Waals surface area (Å²) in [5.41, 5.74) is -0.540. The molecular formula is C20H21ClN4O5. The molecule has 0 atom stereocenters. The van der Waals surface area contributed by atoms with Crippen LogP contribution in [0.25, 0.3) is 6.08 Å². The molecule has 0 aliphatic carbocycles. The maximum atomic E-state index is 12.8. The molecule has 30 heavy (non-hydrogen) atoms. The predicted octanol–water partition coefficient (Wildman–Crippen LogP) is 3.70. The first-order valence-corrected chi connectivity index (χ1v) is 9.34. The number of hydrogen-bond acceptors (Lipinski definition) is 8. The van der Waals surface area contributed by atoms with Gasteiger partial charge in [-0.05, 0) is 45.9 Å². The summed E-state index contributed by atoms with van der Waals surface area (Å²) < 4.78 is 10.1. The third kappa shape index (κ3) is 6.63. The van der Waals surface area contributed by atoms with Crippen LogP contribution in [0.5, 0.6) is 0 Å². The van der Waals surface area contributed by atoms with Gasteiger partial charge in [-0.1, -0.05) is 11.6 Å². The van der Waals surface area contributed by atoms with E-state index in [1.165, 1.54) is 36.8 Å². The second-order valence-corrected chi connectivity index (χ2v) is 7.27. The molecule has 10 heteroatoms. The molecule has 0 radical (unpaired) electrons. The summed E-state index contributed by atoms with van der Waals surface area (Å²) in [5.74, 6) is -1.47. The lowest BCUT2D eigenvalue weighted by Gasteiger charge is -2.19. The third-order valence-electron chi connectivity index (χ3n) is 3.34. The molecule has 0 spiro atoms. The van der Waals surface area contributed by atoms with Crippen LogP contribution in [-0.4, -0.2) is 45.0 Å². The molecule has 0 aliphatic rings. The summed E-state index contributed by atoms with van der Waals surface area (Å²) >= 11 is 5.97. The number of carbonyl (C=O) groups excluding carboxylic acids is 3. The molecule has 0 fully saturated rings. The third-order valence-corrected chi connectivity index (χ3v) is 3.64. The van der Waals surface area contributed by atoms with Gasteiger partial charge in [0.15, 0.2) is 0 Å². The Bertz CT molecular complexity index is 968. The largest absolute Gasteiger partial charge is 0.462 e. The zero-order valence-electron chi connectivity index (χ0n) is 16.9. The predicted molar refractivity (Wildman–Crippen MR) is 110 cm³/mol. The van der Waals surface area contributed by atoms with E-state index in [1.807, 2.05) is 0 Å². The molecule has 2 aromatic heterocycles. The van der Waals surface area contributed by atoms with Gasteiger partial charge in [0.05, 0.1) is 12.2 Å². The summed E-state index contributed by atoms with van der Waals surface area (Å²) in [6, 6.07) is 2.98. The van der Waals surface area contributed by atoms with E-state index in [0.717, 1.165) is 0 Å². The summed E-state index contributed by atoms with van der Waals surface area (Å²) in [5, 5.41) is 2.35. The molecule has 2 heterocycles. The molecule has 1 amide bonds. The summed E-state index contributed by atoms with van der Waals surface area (Å²) in [6.45, 7) is 6.88. The first kappa shape index (κ1) is 23.0. The minimum absolute atomic E-state index is 0.000662. The van der Waals surface area contributed by atoms with Gasteiger partial charge >= 0.3 is 12.1 Å². The van der Waals surface area contributed by atoms with E-state index in [4.69, 9.17) is 21.1 Å². The molecule has 0 aliphatic heterocycles. The average molecular weight is 433 g/mol. The minimum Gasteiger partial charge on any atom is -0.462 e. The summed E-state index contributed by atoms with van der Waals surface area (Å²) in [6.07, 6.45) is 4.66. The fraction of sp³-hybridized carbons (Fsp3) is 0.300. The van der Waals surface area contributed by atoms with E-state index < -0.39 is 23.4 Å². The van der Waals surface area contributed by atoms with Crippen LogP contribution >= 0.6 is 11.6 Å². The van der Waals surface area contributed by atoms with Crippen molar-refractivity contribution in [1.82, 2.24) is 15.0 Å². The van der Waals surface area contributed by atoms with Crippen molar-refractivity contribution in [2.24, 2.45) is 0 Å². The average Bonchev–Trinajstić information content (AvgIpc) is 2.66. The van der Waals surface area contributed by atoms with Crippen LogP contribution in [0.15, 0.2) is 36.3 Å². The monoisotopic (exact) mass is 432 g/mol. The standard InChI is InChI=1S/C20H21ClN4O5/c1-5-29-17(27)14(15(26)13-7-6-8-22-16(13)21)9-12-10-23-18(24-11-12)25-19(28)30-20(2,3)4/h6-11H,5H2,1-4H3,(H,23,24,25,28). The first-order chi connectivity index (χ1) is 14.1. The van der Waals surface area contributed by atoms with Crippen LogP contribution in [0.1, 0.15) is 43.6 Å². The number of ether oxygens (including phenoxy) is 2. The zero-order chi connectivity index (χ0) is 22.3. The maximum Gasteiger partial charge on any atom is 0.414 e. The zero-order valence-corrected chi connectivity index (χ0v) is 17.7. The molecular weight excluding hydrogens is 412 g/mol. The molecule has 9 nitrogen and oxygen atoms in total. The van der Waals surface area contributed by atoms with Gasteiger partial charge < -0.3 is 9.47 Å². The van der Waals surface area contributed by atoms with E-state index in [1.54, 1.807) is 27.7 Å². The van der Waals surface area contributed by atoms with Crippen LogP contribution in [0.3, 0.4) is 0 Å². The Morgan fingerprint density at radius 3 is 2.40 bits per heavy atom. The molecule has 0 aromatic carbocycles. The summed E-state index contributed by atoms with van der Waals surface area (Å²) in [4.78, 5) is 48.8. The van der Waals surface area contributed by atoms with Gasteiger partial charge in [0, 0.05) is 24.2 Å². The van der Waals surface area contributed by atoms with Crippen LogP contribution in [0.2, 0.25) is 5.15 Å². The van der Waals surface area contributed by atoms with Gasteiger partial charge in [0.2, 0.25) is 11.7 Å². The topological polar surface area (TPSA) is 120 Å². The molecule has 158 valence electrons. The number of aromatic nitrogens is 3. The molecule has 0 unspecified atom stereocenters. The van der Waals surface area contributed by atoms with Crippen molar-refractivity contribution in [1.29, 1.82) is 0 Å². The van der Waals surface area contributed by atoms with Crippen molar-refractivity contribution >= 4 is 41.5 Å². The Morgan fingerprint density at radius 2 is 1.83 bits per heavy atom. The number of Topliss-reactive ketones (excluding diaryl/α,β-unsaturated/α-hetero) is 1. The highest BCUT2D eigenvalue weighted by molar-refractivity contribution is 6.36. The van der Waals surface area contributed by atoms with Crippen molar-refractivity contribution in [2.45, 2.75) is 33.3 Å². The van der Waals surface area contributed by atoms with E-state index in [-0.39, 0.29) is 28.8 Å². The molecule has 2 aromatic rings. The number of rotatable bonds is 6. The Kier molecular flexibility index (Phi) is 7.60.